The first-order chi connectivity index (χ1) is 9.69. The Bertz CT molecular complexity index is 427. The number of imidazole rings is 1. The average Bonchev–Trinajstić information content (AvgIpc) is 2.91. The number of nitrogens with zero attached hydrogens (tertiary/aromatic N) is 3. The molecule has 0 radical (unpaired) electrons. The van der Waals surface area contributed by atoms with Gasteiger partial charge in [0.1, 0.15) is 5.82 Å². The molecule has 3 rings (SSSR count). The maximum atomic E-state index is 4.45. The van der Waals surface area contributed by atoms with E-state index in [1.54, 1.807) is 0 Å². The molecule has 0 amide bonds. The fourth-order valence-corrected chi connectivity index (χ4v) is 4.32. The van der Waals surface area contributed by atoms with E-state index in [1.165, 1.54) is 37.9 Å². The van der Waals surface area contributed by atoms with Gasteiger partial charge in [0, 0.05) is 44.0 Å². The highest BCUT2D eigenvalue weighted by Gasteiger charge is 2.40. The molecule has 3 unspecified atom stereocenters. The minimum absolute atomic E-state index is 0.642. The molecule has 0 aliphatic carbocycles. The van der Waals surface area contributed by atoms with Gasteiger partial charge in [-0.25, -0.2) is 4.98 Å². The van der Waals surface area contributed by atoms with Crippen LogP contribution < -0.4 is 5.32 Å². The highest BCUT2D eigenvalue weighted by atomic mass is 15.2. The maximum absolute atomic E-state index is 4.45. The molecule has 0 saturated carbocycles. The smallest absolute Gasteiger partial charge is 0.108 e. The number of rotatable bonds is 5. The van der Waals surface area contributed by atoms with Crippen LogP contribution in [0, 0.1) is 5.92 Å². The van der Waals surface area contributed by atoms with Crippen molar-refractivity contribution in [2.24, 2.45) is 13.0 Å². The molecule has 1 aromatic rings. The Morgan fingerprint density at radius 2 is 2.00 bits per heavy atom. The highest BCUT2D eigenvalue weighted by Crippen LogP contribution is 2.39. The number of aromatic nitrogens is 2. The molecule has 20 heavy (non-hydrogen) atoms. The van der Waals surface area contributed by atoms with Gasteiger partial charge in [-0.15, -0.1) is 0 Å². The Labute approximate surface area is 122 Å². The van der Waals surface area contributed by atoms with Crippen LogP contribution in [0.15, 0.2) is 12.4 Å². The zero-order chi connectivity index (χ0) is 14.1. The van der Waals surface area contributed by atoms with Gasteiger partial charge in [-0.2, -0.15) is 0 Å². The molecule has 1 N–H and O–H groups in total. The Morgan fingerprint density at radius 1 is 1.30 bits per heavy atom. The average molecular weight is 276 g/mol. The topological polar surface area (TPSA) is 33.1 Å². The molecule has 4 heteroatoms. The molecule has 0 aromatic carbocycles. The molecule has 2 bridgehead atoms. The van der Waals surface area contributed by atoms with Gasteiger partial charge in [0.25, 0.3) is 0 Å². The second-order valence-corrected chi connectivity index (χ2v) is 6.67. The first kappa shape index (κ1) is 14.1. The second kappa shape index (κ2) is 5.86. The van der Waals surface area contributed by atoms with E-state index < -0.39 is 0 Å². The zero-order valence-corrected chi connectivity index (χ0v) is 13.0. The monoisotopic (exact) mass is 276 g/mol. The third-order valence-corrected chi connectivity index (χ3v) is 5.67. The van der Waals surface area contributed by atoms with Crippen LogP contribution in [0.5, 0.6) is 0 Å². The summed E-state index contributed by atoms with van der Waals surface area (Å²) in [5.74, 6) is 2.05. The van der Waals surface area contributed by atoms with Crippen LogP contribution in [0.1, 0.15) is 37.9 Å². The van der Waals surface area contributed by atoms with E-state index in [9.17, 15) is 0 Å². The predicted molar refractivity (Wildman–Crippen MR) is 81.7 cm³/mol. The van der Waals surface area contributed by atoms with Gasteiger partial charge in [-0.1, -0.05) is 0 Å². The van der Waals surface area contributed by atoms with Crippen molar-refractivity contribution in [1.82, 2.24) is 19.8 Å². The van der Waals surface area contributed by atoms with Crippen molar-refractivity contribution in [1.29, 1.82) is 0 Å². The van der Waals surface area contributed by atoms with Crippen molar-refractivity contribution in [2.45, 2.75) is 56.7 Å². The summed E-state index contributed by atoms with van der Waals surface area (Å²) in [4.78, 5) is 7.08. The first-order valence-corrected chi connectivity index (χ1v) is 8.04. The molecule has 2 saturated heterocycles. The van der Waals surface area contributed by atoms with Crippen LogP contribution in [0.3, 0.4) is 0 Å². The largest absolute Gasteiger partial charge is 0.338 e. The third-order valence-electron chi connectivity index (χ3n) is 5.67. The van der Waals surface area contributed by atoms with Crippen LogP contribution in [-0.4, -0.2) is 46.7 Å². The molecule has 3 heterocycles. The van der Waals surface area contributed by atoms with E-state index in [4.69, 9.17) is 0 Å². The molecule has 2 aliphatic rings. The van der Waals surface area contributed by atoms with Gasteiger partial charge >= 0.3 is 0 Å². The number of hydrogen-bond acceptors (Lipinski definition) is 3. The molecule has 1 aromatic heterocycles. The summed E-state index contributed by atoms with van der Waals surface area (Å²) >= 11 is 0. The van der Waals surface area contributed by atoms with Crippen molar-refractivity contribution >= 4 is 0 Å². The standard InChI is InChI=1S/C16H28N4/c1-17-15(6-7-16-18-8-9-19(16)2)12-10-13-4-5-14(11-12)20(13)3/h8-9,12-15,17H,4-7,10-11H2,1-3H3. The van der Waals surface area contributed by atoms with Gasteiger partial charge < -0.3 is 14.8 Å². The van der Waals surface area contributed by atoms with Crippen LogP contribution in [0.2, 0.25) is 0 Å². The fraction of sp³-hybridized carbons (Fsp3) is 0.812. The van der Waals surface area contributed by atoms with Crippen molar-refractivity contribution in [3.05, 3.63) is 18.2 Å². The summed E-state index contributed by atoms with van der Waals surface area (Å²) in [6.07, 6.45) is 11.8. The predicted octanol–water partition coefficient (Wildman–Crippen LogP) is 1.81. The summed E-state index contributed by atoms with van der Waals surface area (Å²) in [5.41, 5.74) is 0. The summed E-state index contributed by atoms with van der Waals surface area (Å²) in [5, 5.41) is 3.58. The van der Waals surface area contributed by atoms with E-state index in [0.29, 0.717) is 6.04 Å². The van der Waals surface area contributed by atoms with Crippen molar-refractivity contribution in [3.63, 3.8) is 0 Å². The highest BCUT2D eigenvalue weighted by molar-refractivity contribution is 4.98. The van der Waals surface area contributed by atoms with Gasteiger partial charge in [0.15, 0.2) is 0 Å². The SMILES string of the molecule is CNC(CCc1nccn1C)C1CC2CCC(C1)N2C. The quantitative estimate of drug-likeness (QED) is 0.890. The molecule has 112 valence electrons. The maximum Gasteiger partial charge on any atom is 0.108 e. The van der Waals surface area contributed by atoms with Crippen LogP contribution >= 0.6 is 0 Å². The van der Waals surface area contributed by atoms with Gasteiger partial charge in [-0.3, -0.25) is 0 Å². The van der Waals surface area contributed by atoms with Crippen LogP contribution in [0.4, 0.5) is 0 Å². The van der Waals surface area contributed by atoms with E-state index in [0.717, 1.165) is 24.4 Å². The molecule has 4 nitrogen and oxygen atoms in total. The number of fused-ring (bicyclic) bond motifs is 2. The van der Waals surface area contributed by atoms with Crippen LogP contribution in [0.25, 0.3) is 0 Å². The zero-order valence-electron chi connectivity index (χ0n) is 13.0. The first-order valence-electron chi connectivity index (χ1n) is 8.04. The Balaban J connectivity index is 1.58. The number of aryl methyl sites for hydroxylation is 2. The second-order valence-electron chi connectivity index (χ2n) is 6.67. The van der Waals surface area contributed by atoms with Crippen molar-refractivity contribution in [3.8, 4) is 0 Å². The van der Waals surface area contributed by atoms with E-state index >= 15 is 0 Å². The Morgan fingerprint density at radius 3 is 2.55 bits per heavy atom. The molecular formula is C16H28N4. The molecule has 3 atom stereocenters. The lowest BCUT2D eigenvalue weighted by Gasteiger charge is -2.39. The lowest BCUT2D eigenvalue weighted by atomic mass is 9.83. The van der Waals surface area contributed by atoms with E-state index in [-0.39, 0.29) is 0 Å². The Hall–Kier alpha value is -0.870. The molecule has 2 fully saturated rings. The van der Waals surface area contributed by atoms with Crippen molar-refractivity contribution in [2.75, 3.05) is 14.1 Å². The summed E-state index contributed by atoms with van der Waals surface area (Å²) < 4.78 is 2.14. The van der Waals surface area contributed by atoms with Crippen LogP contribution in [-0.2, 0) is 13.5 Å². The number of hydrogen-bond donors (Lipinski definition) is 1. The lowest BCUT2D eigenvalue weighted by Crippen LogP contribution is -2.46. The summed E-state index contributed by atoms with van der Waals surface area (Å²) in [6, 6.07) is 2.31. The normalized spacial score (nSPS) is 31.6. The molecule has 2 aliphatic heterocycles. The van der Waals surface area contributed by atoms with Gasteiger partial charge in [-0.05, 0) is 52.1 Å². The minimum Gasteiger partial charge on any atom is -0.338 e. The van der Waals surface area contributed by atoms with E-state index in [1.807, 2.05) is 12.4 Å². The van der Waals surface area contributed by atoms with Gasteiger partial charge in [0.05, 0.1) is 0 Å². The molecular weight excluding hydrogens is 248 g/mol. The summed E-state index contributed by atoms with van der Waals surface area (Å²) in [6.45, 7) is 0. The summed E-state index contributed by atoms with van der Waals surface area (Å²) in [7, 11) is 6.54. The van der Waals surface area contributed by atoms with Crippen molar-refractivity contribution < 1.29 is 0 Å². The van der Waals surface area contributed by atoms with Gasteiger partial charge in [0.2, 0.25) is 0 Å². The van der Waals surface area contributed by atoms with E-state index in [2.05, 4.69) is 40.9 Å². The number of nitrogens with one attached hydrogen (secondary N) is 1. The minimum atomic E-state index is 0.642. The lowest BCUT2D eigenvalue weighted by molar-refractivity contribution is 0.112. The Kier molecular flexibility index (Phi) is 4.13. The molecule has 0 spiro atoms. The third kappa shape index (κ3) is 2.63. The fourth-order valence-electron chi connectivity index (χ4n) is 4.32. The number of piperidine rings is 1.